The average Bonchev–Trinajstić information content (AvgIpc) is 2.79. The number of carbonyl (C=O) groups is 3. The summed E-state index contributed by atoms with van der Waals surface area (Å²) in [5, 5.41) is 3.40. The van der Waals surface area contributed by atoms with Crippen molar-refractivity contribution in [1.82, 2.24) is 10.9 Å². The minimum atomic E-state index is -0.520. The molecule has 164 valence electrons. The third-order valence-electron chi connectivity index (χ3n) is 4.61. The normalized spacial score (nSPS) is 10.2. The number of hydrogen-bond acceptors (Lipinski definition) is 4. The van der Waals surface area contributed by atoms with Gasteiger partial charge >= 0.3 is 0 Å². The molecule has 3 rings (SSSR count). The van der Waals surface area contributed by atoms with Gasteiger partial charge in [0.1, 0.15) is 5.75 Å². The number of rotatable bonds is 6. The maximum atomic E-state index is 12.4. The molecule has 3 aromatic carbocycles. The number of nitrogens with one attached hydrogen (secondary N) is 3. The van der Waals surface area contributed by atoms with Gasteiger partial charge in [0, 0.05) is 21.8 Å². The second-order valence-corrected chi connectivity index (χ2v) is 7.46. The monoisotopic (exact) mass is 451 g/mol. The zero-order valence-electron chi connectivity index (χ0n) is 17.6. The Kier molecular flexibility index (Phi) is 7.46. The second-order valence-electron chi connectivity index (χ2n) is 7.05. The van der Waals surface area contributed by atoms with Gasteiger partial charge in [-0.15, -0.1) is 0 Å². The first-order valence-corrected chi connectivity index (χ1v) is 10.2. The molecule has 3 N–H and O–H groups in total. The fourth-order valence-corrected chi connectivity index (χ4v) is 2.94. The number of ether oxygens (including phenoxy) is 1. The average molecular weight is 452 g/mol. The lowest BCUT2D eigenvalue weighted by Gasteiger charge is -2.10. The van der Waals surface area contributed by atoms with Crippen LogP contribution in [-0.2, 0) is 4.79 Å². The highest BCUT2D eigenvalue weighted by Gasteiger charge is 2.11. The largest absolute Gasteiger partial charge is 0.484 e. The van der Waals surface area contributed by atoms with Gasteiger partial charge in [-0.25, -0.2) is 0 Å². The van der Waals surface area contributed by atoms with E-state index in [1.54, 1.807) is 54.6 Å². The predicted octanol–water partition coefficient (Wildman–Crippen LogP) is 4.05. The first-order valence-electron chi connectivity index (χ1n) is 9.78. The summed E-state index contributed by atoms with van der Waals surface area (Å²) in [6, 6.07) is 18.6. The molecule has 0 bridgehead atoms. The van der Waals surface area contributed by atoms with Crippen LogP contribution in [-0.4, -0.2) is 24.3 Å². The Bertz CT molecular complexity index is 1150. The molecule has 3 aromatic rings. The Hall–Kier alpha value is -3.84. The Labute approximate surface area is 190 Å². The van der Waals surface area contributed by atoms with Crippen LogP contribution in [0.25, 0.3) is 0 Å². The summed E-state index contributed by atoms with van der Waals surface area (Å²) in [5.74, 6) is -0.759. The molecule has 3 amide bonds. The highest BCUT2D eigenvalue weighted by molar-refractivity contribution is 6.31. The van der Waals surface area contributed by atoms with E-state index in [9.17, 15) is 14.4 Å². The van der Waals surface area contributed by atoms with Gasteiger partial charge in [0.25, 0.3) is 17.7 Å². The minimum Gasteiger partial charge on any atom is -0.484 e. The van der Waals surface area contributed by atoms with Crippen LogP contribution in [0.4, 0.5) is 5.69 Å². The summed E-state index contributed by atoms with van der Waals surface area (Å²) < 4.78 is 5.38. The number of aryl methyl sites for hydroxylation is 2. The summed E-state index contributed by atoms with van der Waals surface area (Å²) in [5.41, 5.74) is 7.75. The lowest BCUT2D eigenvalue weighted by molar-refractivity contribution is -0.123. The fourth-order valence-electron chi connectivity index (χ4n) is 2.82. The third-order valence-corrected chi connectivity index (χ3v) is 5.03. The molecule has 0 radical (unpaired) electrons. The van der Waals surface area contributed by atoms with Crippen molar-refractivity contribution in [3.05, 3.63) is 94.0 Å². The van der Waals surface area contributed by atoms with E-state index in [1.807, 2.05) is 26.0 Å². The third kappa shape index (κ3) is 6.09. The van der Waals surface area contributed by atoms with Crippen LogP contribution in [0.1, 0.15) is 31.8 Å². The van der Waals surface area contributed by atoms with E-state index in [0.29, 0.717) is 27.6 Å². The summed E-state index contributed by atoms with van der Waals surface area (Å²) >= 11 is 5.95. The molecule has 0 atom stereocenters. The smallest absolute Gasteiger partial charge is 0.276 e. The van der Waals surface area contributed by atoms with Crippen molar-refractivity contribution in [2.75, 3.05) is 11.9 Å². The van der Waals surface area contributed by atoms with Gasteiger partial charge in [-0.2, -0.15) is 0 Å². The van der Waals surface area contributed by atoms with Crippen molar-refractivity contribution >= 4 is 35.0 Å². The zero-order valence-corrected chi connectivity index (χ0v) is 18.3. The number of amides is 3. The topological polar surface area (TPSA) is 96.5 Å². The molecule has 0 aliphatic carbocycles. The summed E-state index contributed by atoms with van der Waals surface area (Å²) in [7, 11) is 0. The Morgan fingerprint density at radius 2 is 1.56 bits per heavy atom. The van der Waals surface area contributed by atoms with E-state index < -0.39 is 11.8 Å². The molecule has 0 unspecified atom stereocenters. The fraction of sp³-hybridized carbons (Fsp3) is 0.125. The van der Waals surface area contributed by atoms with E-state index in [0.717, 1.165) is 11.1 Å². The van der Waals surface area contributed by atoms with E-state index in [-0.39, 0.29) is 12.5 Å². The van der Waals surface area contributed by atoms with Crippen LogP contribution < -0.4 is 20.9 Å². The van der Waals surface area contributed by atoms with Crippen LogP contribution in [0.2, 0.25) is 5.02 Å². The number of carbonyl (C=O) groups excluding carboxylic acids is 3. The molecule has 0 spiro atoms. The van der Waals surface area contributed by atoms with Crippen LogP contribution >= 0.6 is 11.6 Å². The van der Waals surface area contributed by atoms with Crippen LogP contribution in [0.15, 0.2) is 66.7 Å². The Morgan fingerprint density at radius 3 is 2.25 bits per heavy atom. The summed E-state index contributed by atoms with van der Waals surface area (Å²) in [4.78, 5) is 36.5. The molecule has 0 fully saturated rings. The Morgan fingerprint density at radius 1 is 0.844 bits per heavy atom. The minimum absolute atomic E-state index is 0.233. The number of anilines is 1. The van der Waals surface area contributed by atoms with Gasteiger partial charge in [-0.05, 0) is 73.5 Å². The van der Waals surface area contributed by atoms with E-state index in [4.69, 9.17) is 16.3 Å². The SMILES string of the molecule is Cc1cc(OCC(=O)NNC(=O)c2ccc(NC(=O)c3ccccc3C)cc2)ccc1Cl. The summed E-state index contributed by atoms with van der Waals surface area (Å²) in [6.45, 7) is 3.41. The second kappa shape index (κ2) is 10.5. The number of hydrazine groups is 1. The zero-order chi connectivity index (χ0) is 23.1. The van der Waals surface area contributed by atoms with Gasteiger partial charge in [0.15, 0.2) is 6.61 Å². The molecule has 8 heteroatoms. The van der Waals surface area contributed by atoms with Crippen molar-refractivity contribution < 1.29 is 19.1 Å². The molecule has 0 aliphatic heterocycles. The maximum Gasteiger partial charge on any atom is 0.276 e. The molecule has 32 heavy (non-hydrogen) atoms. The lowest BCUT2D eigenvalue weighted by atomic mass is 10.1. The molecule has 0 saturated heterocycles. The first kappa shape index (κ1) is 22.8. The standard InChI is InChI=1S/C24H22ClN3O4/c1-15-5-3-4-6-20(15)24(31)26-18-9-7-17(8-10-18)23(30)28-27-22(29)14-32-19-11-12-21(25)16(2)13-19/h3-13H,14H2,1-2H3,(H,26,31)(H,27,29)(H,28,30). The molecular weight excluding hydrogens is 430 g/mol. The van der Waals surface area contributed by atoms with Gasteiger partial charge < -0.3 is 10.1 Å². The number of benzene rings is 3. The molecule has 0 aliphatic rings. The molecule has 0 saturated carbocycles. The summed E-state index contributed by atoms with van der Waals surface area (Å²) in [6.07, 6.45) is 0. The van der Waals surface area contributed by atoms with Crippen LogP contribution in [0.5, 0.6) is 5.75 Å². The van der Waals surface area contributed by atoms with Crippen molar-refractivity contribution in [3.8, 4) is 5.75 Å². The van der Waals surface area contributed by atoms with Gasteiger partial charge in [-0.3, -0.25) is 25.2 Å². The number of halogens is 1. The Balaban J connectivity index is 1.48. The van der Waals surface area contributed by atoms with Gasteiger partial charge in [-0.1, -0.05) is 29.8 Å². The van der Waals surface area contributed by atoms with Gasteiger partial charge in [0.05, 0.1) is 0 Å². The maximum absolute atomic E-state index is 12.4. The quantitative estimate of drug-likeness (QED) is 0.492. The van der Waals surface area contributed by atoms with E-state index in [1.165, 1.54) is 0 Å². The van der Waals surface area contributed by atoms with E-state index in [2.05, 4.69) is 16.2 Å². The molecule has 0 aromatic heterocycles. The molecule has 0 heterocycles. The molecule has 7 nitrogen and oxygen atoms in total. The van der Waals surface area contributed by atoms with Crippen LogP contribution in [0.3, 0.4) is 0 Å². The van der Waals surface area contributed by atoms with Gasteiger partial charge in [0.2, 0.25) is 0 Å². The van der Waals surface area contributed by atoms with Crippen molar-refractivity contribution in [2.45, 2.75) is 13.8 Å². The predicted molar refractivity (Wildman–Crippen MR) is 123 cm³/mol. The molecular formula is C24H22ClN3O4. The van der Waals surface area contributed by atoms with Crippen LogP contribution in [0, 0.1) is 13.8 Å². The van der Waals surface area contributed by atoms with Crippen molar-refractivity contribution in [3.63, 3.8) is 0 Å². The van der Waals surface area contributed by atoms with Crippen molar-refractivity contribution in [2.24, 2.45) is 0 Å². The first-order chi connectivity index (χ1) is 15.3. The lowest BCUT2D eigenvalue weighted by Crippen LogP contribution is -2.43. The van der Waals surface area contributed by atoms with Crippen molar-refractivity contribution in [1.29, 1.82) is 0 Å². The van der Waals surface area contributed by atoms with E-state index >= 15 is 0 Å². The highest BCUT2D eigenvalue weighted by Crippen LogP contribution is 2.20. The highest BCUT2D eigenvalue weighted by atomic mass is 35.5. The number of hydrogen-bond donors (Lipinski definition) is 3.